The van der Waals surface area contributed by atoms with Crippen LogP contribution in [0.4, 0.5) is 5.69 Å². The minimum Gasteiger partial charge on any atom is -0.379 e. The number of carbonyl (C=O) groups is 1. The molecule has 26 heavy (non-hydrogen) atoms. The number of nitro benzene ring substituents is 1. The highest BCUT2D eigenvalue weighted by atomic mass is 35.5. The van der Waals surface area contributed by atoms with Gasteiger partial charge in [-0.3, -0.25) is 19.8 Å². The van der Waals surface area contributed by atoms with E-state index in [1.54, 1.807) is 11.3 Å². The Morgan fingerprint density at radius 3 is 2.81 bits per heavy atom. The van der Waals surface area contributed by atoms with Gasteiger partial charge in [-0.1, -0.05) is 17.7 Å². The zero-order valence-electron chi connectivity index (χ0n) is 13.9. The number of thiophene rings is 1. The first-order valence-electron chi connectivity index (χ1n) is 8.13. The van der Waals surface area contributed by atoms with Crippen LogP contribution in [0.25, 0.3) is 0 Å². The molecule has 1 atom stereocenters. The number of benzene rings is 1. The Bertz CT molecular complexity index is 778. The Hall–Kier alpha value is -2.00. The molecule has 0 aliphatic carbocycles. The summed E-state index contributed by atoms with van der Waals surface area (Å²) in [5.74, 6) is -0.361. The van der Waals surface area contributed by atoms with E-state index in [9.17, 15) is 14.9 Å². The first-order valence-corrected chi connectivity index (χ1v) is 9.39. The fourth-order valence-corrected chi connectivity index (χ4v) is 3.91. The zero-order valence-corrected chi connectivity index (χ0v) is 15.5. The van der Waals surface area contributed by atoms with E-state index >= 15 is 0 Å². The second-order valence-corrected chi connectivity index (χ2v) is 7.20. The summed E-state index contributed by atoms with van der Waals surface area (Å²) in [5, 5.41) is 15.9. The standard InChI is InChI=1S/C17H18ClN3O4S/c18-13-4-3-12(10-14(13)21(23)24)17(22)19-11-15(16-2-1-9-26-16)20-5-7-25-8-6-20/h1-4,9-10,15H,5-8,11H2,(H,19,22)/t15-/m0/s1. The predicted octanol–water partition coefficient (Wildman–Crippen LogP) is 3.11. The molecule has 1 amide bonds. The lowest BCUT2D eigenvalue weighted by Gasteiger charge is -2.34. The molecule has 7 nitrogen and oxygen atoms in total. The van der Waals surface area contributed by atoms with Crippen LogP contribution in [0.2, 0.25) is 5.02 Å². The maximum atomic E-state index is 12.5. The van der Waals surface area contributed by atoms with Crippen molar-refractivity contribution in [2.45, 2.75) is 6.04 Å². The molecule has 9 heteroatoms. The van der Waals surface area contributed by atoms with Gasteiger partial charge in [-0.05, 0) is 23.6 Å². The van der Waals surface area contributed by atoms with Gasteiger partial charge in [-0.2, -0.15) is 0 Å². The SMILES string of the molecule is O=C(NC[C@@H](c1cccs1)N1CCOCC1)c1ccc(Cl)c([N+](=O)[O-])c1. The highest BCUT2D eigenvalue weighted by molar-refractivity contribution is 7.10. The number of hydrogen-bond donors (Lipinski definition) is 1. The Balaban J connectivity index is 1.71. The van der Waals surface area contributed by atoms with E-state index in [0.717, 1.165) is 18.0 Å². The van der Waals surface area contributed by atoms with Crippen molar-refractivity contribution in [2.75, 3.05) is 32.8 Å². The number of halogens is 1. The van der Waals surface area contributed by atoms with Crippen LogP contribution >= 0.6 is 22.9 Å². The first-order chi connectivity index (χ1) is 12.6. The van der Waals surface area contributed by atoms with Crippen LogP contribution in [-0.4, -0.2) is 48.6 Å². The summed E-state index contributed by atoms with van der Waals surface area (Å²) in [5.41, 5.74) is -0.0599. The van der Waals surface area contributed by atoms with E-state index in [1.165, 1.54) is 18.2 Å². The molecule has 138 valence electrons. The van der Waals surface area contributed by atoms with Crippen molar-refractivity contribution in [3.8, 4) is 0 Å². The second-order valence-electron chi connectivity index (χ2n) is 5.81. The van der Waals surface area contributed by atoms with Crippen molar-refractivity contribution in [2.24, 2.45) is 0 Å². The van der Waals surface area contributed by atoms with Gasteiger partial charge < -0.3 is 10.1 Å². The van der Waals surface area contributed by atoms with Gasteiger partial charge in [0.15, 0.2) is 0 Å². The molecule has 0 radical (unpaired) electrons. The molecule has 2 aromatic rings. The minimum atomic E-state index is -0.596. The van der Waals surface area contributed by atoms with E-state index in [2.05, 4.69) is 10.2 Å². The molecular formula is C17H18ClN3O4S. The van der Waals surface area contributed by atoms with Crippen molar-refractivity contribution >= 4 is 34.5 Å². The van der Waals surface area contributed by atoms with Crippen molar-refractivity contribution in [1.29, 1.82) is 0 Å². The van der Waals surface area contributed by atoms with Crippen molar-refractivity contribution < 1.29 is 14.5 Å². The summed E-state index contributed by atoms with van der Waals surface area (Å²) in [4.78, 5) is 26.3. The van der Waals surface area contributed by atoms with E-state index < -0.39 is 4.92 Å². The lowest BCUT2D eigenvalue weighted by atomic mass is 10.1. The van der Waals surface area contributed by atoms with Crippen LogP contribution in [-0.2, 0) is 4.74 Å². The van der Waals surface area contributed by atoms with Gasteiger partial charge in [0.25, 0.3) is 11.6 Å². The number of carbonyl (C=O) groups excluding carboxylic acids is 1. The topological polar surface area (TPSA) is 84.7 Å². The zero-order chi connectivity index (χ0) is 18.5. The van der Waals surface area contributed by atoms with Crippen LogP contribution in [0, 0.1) is 10.1 Å². The molecule has 0 unspecified atom stereocenters. The van der Waals surface area contributed by atoms with Crippen LogP contribution < -0.4 is 5.32 Å². The summed E-state index contributed by atoms with van der Waals surface area (Å²) >= 11 is 7.44. The Labute approximate surface area is 159 Å². The highest BCUT2D eigenvalue weighted by Crippen LogP contribution is 2.27. The average Bonchev–Trinajstić information content (AvgIpc) is 3.17. The average molecular weight is 396 g/mol. The molecule has 1 saturated heterocycles. The fourth-order valence-electron chi connectivity index (χ4n) is 2.86. The summed E-state index contributed by atoms with van der Waals surface area (Å²) in [6.45, 7) is 3.34. The minimum absolute atomic E-state index is 0.0105. The second kappa shape index (κ2) is 8.59. The Kier molecular flexibility index (Phi) is 6.20. The van der Waals surface area contributed by atoms with Gasteiger partial charge in [-0.25, -0.2) is 0 Å². The van der Waals surface area contributed by atoms with Crippen LogP contribution in [0.3, 0.4) is 0 Å². The molecule has 0 spiro atoms. The molecule has 1 aliphatic heterocycles. The largest absolute Gasteiger partial charge is 0.379 e. The van der Waals surface area contributed by atoms with E-state index in [1.807, 2.05) is 17.5 Å². The number of ether oxygens (including phenoxy) is 1. The first kappa shape index (κ1) is 18.8. The van der Waals surface area contributed by atoms with Gasteiger partial charge >= 0.3 is 0 Å². The lowest BCUT2D eigenvalue weighted by Crippen LogP contribution is -2.43. The van der Waals surface area contributed by atoms with Gasteiger partial charge in [0.1, 0.15) is 5.02 Å². The molecule has 1 aromatic heterocycles. The Morgan fingerprint density at radius 2 is 2.15 bits per heavy atom. The van der Waals surface area contributed by atoms with E-state index in [4.69, 9.17) is 16.3 Å². The fraction of sp³-hybridized carbons (Fsp3) is 0.353. The number of nitrogens with one attached hydrogen (secondary N) is 1. The smallest absolute Gasteiger partial charge is 0.288 e. The normalized spacial score (nSPS) is 16.2. The molecule has 0 bridgehead atoms. The van der Waals surface area contributed by atoms with Crippen LogP contribution in [0.5, 0.6) is 0 Å². The summed E-state index contributed by atoms with van der Waals surface area (Å²) in [6, 6.07) is 8.13. The van der Waals surface area contributed by atoms with Crippen molar-refractivity contribution in [1.82, 2.24) is 10.2 Å². The van der Waals surface area contributed by atoms with E-state index in [-0.39, 0.29) is 28.2 Å². The number of hydrogen-bond acceptors (Lipinski definition) is 6. The molecule has 1 fully saturated rings. The van der Waals surface area contributed by atoms with Crippen LogP contribution in [0.1, 0.15) is 21.3 Å². The van der Waals surface area contributed by atoms with Gasteiger partial charge in [0.05, 0.1) is 24.2 Å². The third-order valence-corrected chi connectivity index (χ3v) is 5.51. The summed E-state index contributed by atoms with van der Waals surface area (Å²) in [7, 11) is 0. The van der Waals surface area contributed by atoms with Crippen molar-refractivity contribution in [3.63, 3.8) is 0 Å². The Morgan fingerprint density at radius 1 is 1.38 bits per heavy atom. The highest BCUT2D eigenvalue weighted by Gasteiger charge is 2.24. The van der Waals surface area contributed by atoms with E-state index in [0.29, 0.717) is 19.8 Å². The maximum Gasteiger partial charge on any atom is 0.288 e. The monoisotopic (exact) mass is 395 g/mol. The number of morpholine rings is 1. The quantitative estimate of drug-likeness (QED) is 0.600. The summed E-state index contributed by atoms with van der Waals surface area (Å²) in [6.07, 6.45) is 0. The maximum absolute atomic E-state index is 12.5. The van der Waals surface area contributed by atoms with Crippen LogP contribution in [0.15, 0.2) is 35.7 Å². The molecule has 2 heterocycles. The molecule has 1 aliphatic rings. The number of rotatable bonds is 6. The predicted molar refractivity (Wildman–Crippen MR) is 99.9 cm³/mol. The van der Waals surface area contributed by atoms with Crippen molar-refractivity contribution in [3.05, 3.63) is 61.3 Å². The summed E-state index contributed by atoms with van der Waals surface area (Å²) < 4.78 is 5.41. The number of nitrogens with zero attached hydrogens (tertiary/aromatic N) is 2. The van der Waals surface area contributed by atoms with Gasteiger partial charge in [-0.15, -0.1) is 11.3 Å². The molecule has 3 rings (SSSR count). The van der Waals surface area contributed by atoms with Gasteiger partial charge in [0.2, 0.25) is 0 Å². The lowest BCUT2D eigenvalue weighted by molar-refractivity contribution is -0.384. The number of amides is 1. The number of nitro groups is 1. The molecule has 0 saturated carbocycles. The molecular weight excluding hydrogens is 378 g/mol. The third kappa shape index (κ3) is 4.39. The third-order valence-electron chi connectivity index (χ3n) is 4.22. The molecule has 1 aromatic carbocycles. The molecule has 1 N–H and O–H groups in total. The van der Waals surface area contributed by atoms with Gasteiger partial charge in [0, 0.05) is 36.1 Å².